The van der Waals surface area contributed by atoms with Crippen molar-refractivity contribution in [3.63, 3.8) is 0 Å². The van der Waals surface area contributed by atoms with Crippen LogP contribution in [-0.2, 0) is 6.42 Å². The third-order valence-electron chi connectivity index (χ3n) is 3.69. The highest BCUT2D eigenvalue weighted by Crippen LogP contribution is 2.38. The van der Waals surface area contributed by atoms with Gasteiger partial charge in [0.1, 0.15) is 11.6 Å². The molecule has 0 aromatic heterocycles. The molecule has 1 aliphatic heterocycles. The van der Waals surface area contributed by atoms with Crippen LogP contribution in [0.25, 0.3) is 0 Å². The van der Waals surface area contributed by atoms with Crippen molar-refractivity contribution >= 4 is 21.6 Å². The molecule has 0 fully saturated rings. The largest absolute Gasteiger partial charge is 0.496 e. The van der Waals surface area contributed by atoms with Crippen LogP contribution in [0.2, 0.25) is 0 Å². The number of ether oxygens (including phenoxy) is 1. The molecule has 0 aliphatic carbocycles. The predicted octanol–water partition coefficient (Wildman–Crippen LogP) is 4.70. The van der Waals surface area contributed by atoms with Crippen molar-refractivity contribution < 1.29 is 9.13 Å². The maximum absolute atomic E-state index is 13.9. The molecule has 0 spiro atoms. The highest BCUT2D eigenvalue weighted by atomic mass is 79.9. The minimum Gasteiger partial charge on any atom is -0.496 e. The summed E-state index contributed by atoms with van der Waals surface area (Å²) in [5, 5.41) is 3.42. The molecule has 0 saturated heterocycles. The fourth-order valence-electron chi connectivity index (χ4n) is 2.72. The van der Waals surface area contributed by atoms with E-state index in [1.807, 2.05) is 24.3 Å². The van der Waals surface area contributed by atoms with Gasteiger partial charge in [0.2, 0.25) is 0 Å². The van der Waals surface area contributed by atoms with Crippen molar-refractivity contribution in [2.75, 3.05) is 12.4 Å². The number of anilines is 1. The van der Waals surface area contributed by atoms with Crippen LogP contribution >= 0.6 is 15.9 Å². The molecule has 2 nitrogen and oxygen atoms in total. The second-order valence-corrected chi connectivity index (χ2v) is 5.81. The third kappa shape index (κ3) is 2.40. The van der Waals surface area contributed by atoms with E-state index >= 15 is 0 Å². The number of fused-ring (bicyclic) bond motifs is 1. The van der Waals surface area contributed by atoms with Crippen molar-refractivity contribution in [3.05, 3.63) is 57.8 Å². The Kier molecular flexibility index (Phi) is 3.66. The van der Waals surface area contributed by atoms with Gasteiger partial charge in [-0.2, -0.15) is 0 Å². The van der Waals surface area contributed by atoms with Gasteiger partial charge >= 0.3 is 0 Å². The molecular formula is C16H15BrFNO. The lowest BCUT2D eigenvalue weighted by molar-refractivity contribution is 0.405. The molecule has 4 heteroatoms. The highest BCUT2D eigenvalue weighted by Gasteiger charge is 2.24. The molecule has 0 radical (unpaired) electrons. The molecule has 0 saturated carbocycles. The normalized spacial score (nSPS) is 17.2. The topological polar surface area (TPSA) is 21.3 Å². The van der Waals surface area contributed by atoms with Gasteiger partial charge in [0.05, 0.1) is 13.2 Å². The second-order valence-electron chi connectivity index (χ2n) is 4.89. The number of methoxy groups -OCH3 is 1. The Labute approximate surface area is 126 Å². The molecule has 2 aromatic rings. The molecule has 1 unspecified atom stereocenters. The van der Waals surface area contributed by atoms with Crippen molar-refractivity contribution in [1.82, 2.24) is 0 Å². The lowest BCUT2D eigenvalue weighted by Crippen LogP contribution is -2.19. The van der Waals surface area contributed by atoms with Gasteiger partial charge in [-0.1, -0.05) is 34.1 Å². The molecule has 0 bridgehead atoms. The standard InChI is InChI=1S/C16H15BrFNO/c1-20-16-5-3-2-4-12(16)14-7-6-11-13(18)8-10(17)9-15(11)19-14/h2-5,8-9,14,19H,6-7H2,1H3. The van der Waals surface area contributed by atoms with Gasteiger partial charge in [0.15, 0.2) is 0 Å². The van der Waals surface area contributed by atoms with Crippen molar-refractivity contribution in [3.8, 4) is 5.75 Å². The summed E-state index contributed by atoms with van der Waals surface area (Å²) in [5.74, 6) is 0.712. The van der Waals surface area contributed by atoms with Gasteiger partial charge in [-0.3, -0.25) is 0 Å². The van der Waals surface area contributed by atoms with E-state index in [4.69, 9.17) is 4.74 Å². The summed E-state index contributed by atoms with van der Waals surface area (Å²) < 4.78 is 20.1. The molecular weight excluding hydrogens is 321 g/mol. The van der Waals surface area contributed by atoms with Gasteiger partial charge in [0, 0.05) is 21.3 Å². The number of halogens is 2. The summed E-state index contributed by atoms with van der Waals surface area (Å²) in [6, 6.07) is 11.5. The van der Waals surface area contributed by atoms with Crippen LogP contribution in [0.4, 0.5) is 10.1 Å². The van der Waals surface area contributed by atoms with Crippen molar-refractivity contribution in [1.29, 1.82) is 0 Å². The van der Waals surface area contributed by atoms with Crippen LogP contribution in [0, 0.1) is 5.82 Å². The minimum atomic E-state index is -0.152. The van der Waals surface area contributed by atoms with E-state index in [2.05, 4.69) is 27.3 Å². The van der Waals surface area contributed by atoms with Crippen LogP contribution in [-0.4, -0.2) is 7.11 Å². The zero-order valence-corrected chi connectivity index (χ0v) is 12.7. The van der Waals surface area contributed by atoms with Gasteiger partial charge in [0.25, 0.3) is 0 Å². The van der Waals surface area contributed by atoms with E-state index in [0.717, 1.165) is 39.9 Å². The minimum absolute atomic E-state index is 0.146. The molecule has 1 atom stereocenters. The summed E-state index contributed by atoms with van der Waals surface area (Å²) in [7, 11) is 1.67. The first-order chi connectivity index (χ1) is 9.69. The Bertz CT molecular complexity index is 644. The van der Waals surface area contributed by atoms with Gasteiger partial charge in [-0.15, -0.1) is 0 Å². The average molecular weight is 336 g/mol. The lowest BCUT2D eigenvalue weighted by atomic mass is 9.92. The van der Waals surface area contributed by atoms with Crippen LogP contribution in [0.15, 0.2) is 40.9 Å². The number of hydrogen-bond donors (Lipinski definition) is 1. The summed E-state index contributed by atoms with van der Waals surface area (Å²) in [6.07, 6.45) is 1.58. The summed E-state index contributed by atoms with van der Waals surface area (Å²) in [5.41, 5.74) is 2.74. The van der Waals surface area contributed by atoms with Crippen LogP contribution in [0.5, 0.6) is 5.75 Å². The summed E-state index contributed by atoms with van der Waals surface area (Å²) in [6.45, 7) is 0. The first-order valence-corrected chi connectivity index (χ1v) is 7.35. The maximum Gasteiger partial charge on any atom is 0.129 e. The summed E-state index contributed by atoms with van der Waals surface area (Å²) >= 11 is 3.34. The molecule has 1 heterocycles. The fourth-order valence-corrected chi connectivity index (χ4v) is 3.15. The Morgan fingerprint density at radius 2 is 2.10 bits per heavy atom. The Balaban J connectivity index is 1.96. The SMILES string of the molecule is COc1ccccc1C1CCc2c(F)cc(Br)cc2N1. The molecule has 2 aromatic carbocycles. The Morgan fingerprint density at radius 1 is 1.30 bits per heavy atom. The fraction of sp³-hybridized carbons (Fsp3) is 0.250. The highest BCUT2D eigenvalue weighted by molar-refractivity contribution is 9.10. The van der Waals surface area contributed by atoms with Crippen LogP contribution in [0.3, 0.4) is 0 Å². The first kappa shape index (κ1) is 13.4. The van der Waals surface area contributed by atoms with E-state index in [1.54, 1.807) is 7.11 Å². The number of benzene rings is 2. The lowest BCUT2D eigenvalue weighted by Gasteiger charge is -2.28. The van der Waals surface area contributed by atoms with Gasteiger partial charge < -0.3 is 10.1 Å². The third-order valence-corrected chi connectivity index (χ3v) is 4.15. The number of hydrogen-bond acceptors (Lipinski definition) is 2. The van der Waals surface area contributed by atoms with Crippen molar-refractivity contribution in [2.45, 2.75) is 18.9 Å². The molecule has 20 heavy (non-hydrogen) atoms. The summed E-state index contributed by atoms with van der Waals surface area (Å²) in [4.78, 5) is 0. The number of para-hydroxylation sites is 1. The van der Waals surface area contributed by atoms with E-state index in [-0.39, 0.29) is 11.9 Å². The Hall–Kier alpha value is -1.55. The zero-order chi connectivity index (χ0) is 14.1. The van der Waals surface area contributed by atoms with E-state index < -0.39 is 0 Å². The monoisotopic (exact) mass is 335 g/mol. The van der Waals surface area contributed by atoms with Crippen LogP contribution < -0.4 is 10.1 Å². The van der Waals surface area contributed by atoms with Crippen molar-refractivity contribution in [2.24, 2.45) is 0 Å². The first-order valence-electron chi connectivity index (χ1n) is 6.56. The molecule has 1 aliphatic rings. The molecule has 1 N–H and O–H groups in total. The quantitative estimate of drug-likeness (QED) is 0.859. The van der Waals surface area contributed by atoms with Crippen LogP contribution in [0.1, 0.15) is 23.6 Å². The average Bonchev–Trinajstić information content (AvgIpc) is 2.46. The van der Waals surface area contributed by atoms with Gasteiger partial charge in [-0.25, -0.2) is 4.39 Å². The van der Waals surface area contributed by atoms with E-state index in [9.17, 15) is 4.39 Å². The zero-order valence-electron chi connectivity index (χ0n) is 11.1. The van der Waals surface area contributed by atoms with Gasteiger partial charge in [-0.05, 0) is 31.0 Å². The van der Waals surface area contributed by atoms with E-state index in [1.165, 1.54) is 6.07 Å². The smallest absolute Gasteiger partial charge is 0.129 e. The molecule has 104 valence electrons. The molecule has 3 rings (SSSR count). The predicted molar refractivity (Wildman–Crippen MR) is 81.8 cm³/mol. The second kappa shape index (κ2) is 5.44. The van der Waals surface area contributed by atoms with E-state index in [0.29, 0.717) is 0 Å². The number of nitrogens with one attached hydrogen (secondary N) is 1. The molecule has 0 amide bonds. The number of rotatable bonds is 2. The Morgan fingerprint density at radius 3 is 2.90 bits per heavy atom. The maximum atomic E-state index is 13.9.